The van der Waals surface area contributed by atoms with Crippen molar-refractivity contribution >= 4 is 50.3 Å². The number of hydrogen-bond acceptors (Lipinski definition) is 4. The first kappa shape index (κ1) is 10.8. The van der Waals surface area contributed by atoms with Crippen LogP contribution < -0.4 is 5.32 Å². The van der Waals surface area contributed by atoms with E-state index in [2.05, 4.69) is 31.4 Å². The number of nitrogens with zero attached hydrogens (tertiary/aromatic N) is 1. The van der Waals surface area contributed by atoms with Crippen LogP contribution >= 0.6 is 39.5 Å². The van der Waals surface area contributed by atoms with Gasteiger partial charge in [0.25, 0.3) is 0 Å². The Balaban J connectivity index is 2.28. The Labute approximate surface area is 105 Å². The molecule has 15 heavy (non-hydrogen) atoms. The minimum Gasteiger partial charge on any atom is -0.329 e. The van der Waals surface area contributed by atoms with E-state index in [0.717, 1.165) is 15.3 Å². The molecule has 0 aliphatic rings. The fourth-order valence-corrected chi connectivity index (χ4v) is 2.51. The summed E-state index contributed by atoms with van der Waals surface area (Å²) in [5, 5.41) is 10.7. The Morgan fingerprint density at radius 1 is 1.53 bits per heavy atom. The summed E-state index contributed by atoms with van der Waals surface area (Å²) in [4.78, 5) is 0. The molecule has 0 radical (unpaired) electrons. The number of aromatic nitrogens is 2. The maximum absolute atomic E-state index is 4.95. The standard InChI is InChI=1S/C9H8BrN3S2/c1-5-2-3-7(6(10)4-5)11-8-12-13-9(14)15-8/h2-4H,1H3,(H,11,12)(H,13,14). The first-order chi connectivity index (χ1) is 7.15. The van der Waals surface area contributed by atoms with Gasteiger partial charge in [0.05, 0.1) is 5.69 Å². The average molecular weight is 302 g/mol. The van der Waals surface area contributed by atoms with E-state index in [1.165, 1.54) is 16.9 Å². The van der Waals surface area contributed by atoms with E-state index in [4.69, 9.17) is 12.2 Å². The van der Waals surface area contributed by atoms with Gasteiger partial charge in [-0.05, 0) is 52.8 Å². The molecule has 1 heterocycles. The SMILES string of the molecule is Cc1ccc(Nc2n[nH]c(=S)s2)c(Br)c1. The molecule has 2 rings (SSSR count). The van der Waals surface area contributed by atoms with Gasteiger partial charge in [-0.25, -0.2) is 0 Å². The molecule has 1 aromatic heterocycles. The average Bonchev–Trinajstić information content (AvgIpc) is 2.56. The Hall–Kier alpha value is -0.720. The lowest BCUT2D eigenvalue weighted by Gasteiger charge is -2.05. The molecule has 1 aromatic carbocycles. The molecule has 3 nitrogen and oxygen atoms in total. The molecule has 0 atom stereocenters. The zero-order valence-electron chi connectivity index (χ0n) is 7.87. The van der Waals surface area contributed by atoms with Crippen molar-refractivity contribution in [1.29, 1.82) is 0 Å². The van der Waals surface area contributed by atoms with Gasteiger partial charge < -0.3 is 5.32 Å². The number of H-pyrrole nitrogens is 1. The molecule has 78 valence electrons. The number of aryl methyl sites for hydroxylation is 1. The van der Waals surface area contributed by atoms with Crippen LogP contribution in [0, 0.1) is 10.9 Å². The van der Waals surface area contributed by atoms with Gasteiger partial charge >= 0.3 is 0 Å². The van der Waals surface area contributed by atoms with Crippen LogP contribution in [0.3, 0.4) is 0 Å². The summed E-state index contributed by atoms with van der Waals surface area (Å²) in [6.07, 6.45) is 0. The van der Waals surface area contributed by atoms with E-state index in [0.29, 0.717) is 3.95 Å². The third-order valence-electron chi connectivity index (χ3n) is 1.80. The molecule has 0 saturated heterocycles. The molecule has 0 aliphatic carbocycles. The maximum atomic E-state index is 4.95. The monoisotopic (exact) mass is 301 g/mol. The zero-order chi connectivity index (χ0) is 10.8. The van der Waals surface area contributed by atoms with Crippen LogP contribution in [0.2, 0.25) is 0 Å². The molecular formula is C9H8BrN3S2. The molecule has 0 spiro atoms. The van der Waals surface area contributed by atoms with Gasteiger partial charge in [0.2, 0.25) is 5.13 Å². The van der Waals surface area contributed by atoms with Gasteiger partial charge in [-0.1, -0.05) is 17.4 Å². The first-order valence-corrected chi connectivity index (χ1v) is 6.25. The van der Waals surface area contributed by atoms with Crippen LogP contribution in [0.1, 0.15) is 5.56 Å². The van der Waals surface area contributed by atoms with Crippen LogP contribution in [-0.4, -0.2) is 10.2 Å². The van der Waals surface area contributed by atoms with E-state index < -0.39 is 0 Å². The molecule has 0 unspecified atom stereocenters. The number of halogens is 1. The molecule has 2 aromatic rings. The van der Waals surface area contributed by atoms with Gasteiger partial charge in [0.15, 0.2) is 3.95 Å². The van der Waals surface area contributed by atoms with Gasteiger partial charge in [-0.3, -0.25) is 5.10 Å². The van der Waals surface area contributed by atoms with Crippen LogP contribution in [0.4, 0.5) is 10.8 Å². The van der Waals surface area contributed by atoms with Crippen molar-refractivity contribution in [2.45, 2.75) is 6.92 Å². The van der Waals surface area contributed by atoms with Gasteiger partial charge in [-0.15, -0.1) is 5.10 Å². The maximum Gasteiger partial charge on any atom is 0.208 e. The van der Waals surface area contributed by atoms with Crippen molar-refractivity contribution in [1.82, 2.24) is 10.2 Å². The minimum atomic E-state index is 0.667. The number of rotatable bonds is 2. The number of benzene rings is 1. The second kappa shape index (κ2) is 4.42. The Kier molecular flexibility index (Phi) is 3.18. The highest BCUT2D eigenvalue weighted by atomic mass is 79.9. The number of aromatic amines is 1. The number of nitrogens with one attached hydrogen (secondary N) is 2. The fraction of sp³-hybridized carbons (Fsp3) is 0.111. The van der Waals surface area contributed by atoms with Crippen LogP contribution in [0.5, 0.6) is 0 Å². The van der Waals surface area contributed by atoms with E-state index in [9.17, 15) is 0 Å². The van der Waals surface area contributed by atoms with Crippen molar-refractivity contribution in [3.8, 4) is 0 Å². The highest BCUT2D eigenvalue weighted by Gasteiger charge is 2.02. The Morgan fingerprint density at radius 3 is 2.93 bits per heavy atom. The molecule has 0 bridgehead atoms. The number of anilines is 2. The highest BCUT2D eigenvalue weighted by molar-refractivity contribution is 9.10. The van der Waals surface area contributed by atoms with Crippen LogP contribution in [-0.2, 0) is 0 Å². The smallest absolute Gasteiger partial charge is 0.208 e. The molecule has 0 saturated carbocycles. The van der Waals surface area contributed by atoms with Crippen molar-refractivity contribution in [2.24, 2.45) is 0 Å². The predicted octanol–water partition coefficient (Wildman–Crippen LogP) is 4.02. The molecule has 0 fully saturated rings. The summed E-state index contributed by atoms with van der Waals surface area (Å²) in [6.45, 7) is 2.05. The highest BCUT2D eigenvalue weighted by Crippen LogP contribution is 2.27. The predicted molar refractivity (Wildman–Crippen MR) is 69.5 cm³/mol. The summed E-state index contributed by atoms with van der Waals surface area (Å²) >= 11 is 9.85. The van der Waals surface area contributed by atoms with Gasteiger partial charge in [-0.2, -0.15) is 0 Å². The summed E-state index contributed by atoms with van der Waals surface area (Å²) in [7, 11) is 0. The number of hydrogen-bond donors (Lipinski definition) is 2. The summed E-state index contributed by atoms with van der Waals surface area (Å²) < 4.78 is 1.68. The van der Waals surface area contributed by atoms with Crippen molar-refractivity contribution in [3.05, 3.63) is 32.2 Å². The third kappa shape index (κ3) is 2.64. The lowest BCUT2D eigenvalue weighted by molar-refractivity contribution is 1.08. The minimum absolute atomic E-state index is 0.667. The molecule has 6 heteroatoms. The summed E-state index contributed by atoms with van der Waals surface area (Å²) in [5.41, 5.74) is 2.19. The summed E-state index contributed by atoms with van der Waals surface area (Å²) in [6, 6.07) is 6.09. The van der Waals surface area contributed by atoms with E-state index >= 15 is 0 Å². The second-order valence-corrected chi connectivity index (χ2v) is 5.55. The second-order valence-electron chi connectivity index (χ2n) is 3.03. The first-order valence-electron chi connectivity index (χ1n) is 4.24. The van der Waals surface area contributed by atoms with Crippen LogP contribution in [0.15, 0.2) is 22.7 Å². The van der Waals surface area contributed by atoms with Gasteiger partial charge in [0.1, 0.15) is 0 Å². The fourth-order valence-electron chi connectivity index (χ4n) is 1.12. The topological polar surface area (TPSA) is 40.7 Å². The zero-order valence-corrected chi connectivity index (χ0v) is 11.1. The van der Waals surface area contributed by atoms with E-state index in [1.807, 2.05) is 25.1 Å². The van der Waals surface area contributed by atoms with Gasteiger partial charge in [0, 0.05) is 4.47 Å². The van der Waals surface area contributed by atoms with E-state index in [-0.39, 0.29) is 0 Å². The largest absolute Gasteiger partial charge is 0.329 e. The summed E-state index contributed by atoms with van der Waals surface area (Å²) in [5.74, 6) is 0. The quantitative estimate of drug-likeness (QED) is 0.823. The third-order valence-corrected chi connectivity index (χ3v) is 3.47. The van der Waals surface area contributed by atoms with Crippen molar-refractivity contribution < 1.29 is 0 Å². The lowest BCUT2D eigenvalue weighted by atomic mass is 10.2. The van der Waals surface area contributed by atoms with Crippen molar-refractivity contribution in [2.75, 3.05) is 5.32 Å². The van der Waals surface area contributed by atoms with Crippen molar-refractivity contribution in [3.63, 3.8) is 0 Å². The molecule has 0 aliphatic heterocycles. The van der Waals surface area contributed by atoms with Crippen LogP contribution in [0.25, 0.3) is 0 Å². The molecular weight excluding hydrogens is 294 g/mol. The lowest BCUT2D eigenvalue weighted by Crippen LogP contribution is -1.90. The Bertz CT molecular complexity index is 532. The van der Waals surface area contributed by atoms with E-state index in [1.54, 1.807) is 0 Å². The Morgan fingerprint density at radius 2 is 2.33 bits per heavy atom. The normalized spacial score (nSPS) is 10.3. The molecule has 0 amide bonds. The molecule has 2 N–H and O–H groups in total.